The molecule has 2 rings (SSSR count). The quantitative estimate of drug-likeness (QED) is 0.761. The Balaban J connectivity index is 2.09. The van der Waals surface area contributed by atoms with Gasteiger partial charge in [0.15, 0.2) is 0 Å². The lowest BCUT2D eigenvalue weighted by Gasteiger charge is -2.25. The van der Waals surface area contributed by atoms with Crippen molar-refractivity contribution in [1.82, 2.24) is 5.32 Å². The summed E-state index contributed by atoms with van der Waals surface area (Å²) in [5, 5.41) is 11.3. The molecule has 7 heteroatoms. The number of rotatable bonds is 5. The number of amides is 2. The number of hydrogen-bond donors (Lipinski definition) is 3. The van der Waals surface area contributed by atoms with Crippen molar-refractivity contribution in [3.05, 3.63) is 35.1 Å². The lowest BCUT2D eigenvalue weighted by Crippen LogP contribution is -2.44. The second-order valence-corrected chi connectivity index (χ2v) is 5.53. The molecule has 2 amide bonds. The zero-order valence-corrected chi connectivity index (χ0v) is 11.9. The van der Waals surface area contributed by atoms with Crippen LogP contribution in [0, 0.1) is 11.2 Å². The van der Waals surface area contributed by atoms with E-state index in [1.807, 2.05) is 0 Å². The molecule has 0 unspecified atom stereocenters. The highest BCUT2D eigenvalue weighted by atomic mass is 19.1. The Morgan fingerprint density at radius 3 is 2.41 bits per heavy atom. The van der Waals surface area contributed by atoms with Crippen LogP contribution in [0.4, 0.5) is 4.39 Å². The SMILES string of the molecule is NC(=O)C1(CNC(=O)c2ccc(C(=O)O)cc2F)CCCC1. The highest BCUT2D eigenvalue weighted by Crippen LogP contribution is 2.37. The van der Waals surface area contributed by atoms with E-state index in [2.05, 4.69) is 5.32 Å². The van der Waals surface area contributed by atoms with Gasteiger partial charge in [0.05, 0.1) is 16.5 Å². The van der Waals surface area contributed by atoms with Crippen LogP contribution < -0.4 is 11.1 Å². The van der Waals surface area contributed by atoms with E-state index in [0.717, 1.165) is 31.0 Å². The van der Waals surface area contributed by atoms with Crippen LogP contribution in [0.2, 0.25) is 0 Å². The number of nitrogens with one attached hydrogen (secondary N) is 1. The van der Waals surface area contributed by atoms with Crippen molar-refractivity contribution in [3.63, 3.8) is 0 Å². The normalized spacial score (nSPS) is 16.2. The molecule has 0 bridgehead atoms. The third-order valence-corrected chi connectivity index (χ3v) is 4.13. The molecule has 0 atom stereocenters. The van der Waals surface area contributed by atoms with Crippen LogP contribution in [-0.4, -0.2) is 29.4 Å². The van der Waals surface area contributed by atoms with Gasteiger partial charge in [0.25, 0.3) is 5.91 Å². The summed E-state index contributed by atoms with van der Waals surface area (Å²) in [5.41, 5.74) is 4.14. The van der Waals surface area contributed by atoms with Gasteiger partial charge in [-0.2, -0.15) is 0 Å². The van der Waals surface area contributed by atoms with Gasteiger partial charge in [-0.25, -0.2) is 9.18 Å². The molecule has 1 saturated carbocycles. The number of carbonyl (C=O) groups excluding carboxylic acids is 2. The van der Waals surface area contributed by atoms with Crippen LogP contribution in [0.1, 0.15) is 46.4 Å². The Hall–Kier alpha value is -2.44. The molecule has 1 aromatic rings. The summed E-state index contributed by atoms with van der Waals surface area (Å²) in [5.74, 6) is -3.35. The molecular weight excluding hydrogens is 291 g/mol. The van der Waals surface area contributed by atoms with Crippen LogP contribution in [0.15, 0.2) is 18.2 Å². The first kappa shape index (κ1) is 15.9. The number of hydrogen-bond acceptors (Lipinski definition) is 3. The molecule has 1 aliphatic rings. The van der Waals surface area contributed by atoms with E-state index < -0.39 is 29.0 Å². The topological polar surface area (TPSA) is 109 Å². The smallest absolute Gasteiger partial charge is 0.335 e. The molecule has 1 fully saturated rings. The number of aromatic carboxylic acids is 1. The van der Waals surface area contributed by atoms with Crippen LogP contribution in [0.25, 0.3) is 0 Å². The van der Waals surface area contributed by atoms with Crippen molar-refractivity contribution in [2.75, 3.05) is 6.54 Å². The lowest BCUT2D eigenvalue weighted by molar-refractivity contribution is -0.127. The van der Waals surface area contributed by atoms with Crippen molar-refractivity contribution >= 4 is 17.8 Å². The Bertz CT molecular complexity index is 624. The molecule has 22 heavy (non-hydrogen) atoms. The first-order valence-electron chi connectivity index (χ1n) is 6.97. The van der Waals surface area contributed by atoms with Gasteiger partial charge >= 0.3 is 5.97 Å². The number of benzene rings is 1. The molecule has 6 nitrogen and oxygen atoms in total. The second-order valence-electron chi connectivity index (χ2n) is 5.53. The van der Waals surface area contributed by atoms with Crippen molar-refractivity contribution in [2.24, 2.45) is 11.1 Å². The average Bonchev–Trinajstić information content (AvgIpc) is 2.94. The van der Waals surface area contributed by atoms with Crippen molar-refractivity contribution < 1.29 is 23.9 Å². The molecule has 0 spiro atoms. The fraction of sp³-hybridized carbons (Fsp3) is 0.400. The van der Waals surface area contributed by atoms with E-state index in [1.54, 1.807) is 0 Å². The van der Waals surface area contributed by atoms with Gasteiger partial charge in [0.2, 0.25) is 5.91 Å². The van der Waals surface area contributed by atoms with Crippen LogP contribution >= 0.6 is 0 Å². The average molecular weight is 308 g/mol. The van der Waals surface area contributed by atoms with E-state index in [4.69, 9.17) is 10.8 Å². The molecule has 1 aromatic carbocycles. The lowest BCUT2D eigenvalue weighted by atomic mass is 9.85. The van der Waals surface area contributed by atoms with Gasteiger partial charge in [-0.3, -0.25) is 9.59 Å². The number of primary amides is 1. The molecular formula is C15H17FN2O4. The second kappa shape index (κ2) is 6.13. The minimum Gasteiger partial charge on any atom is -0.478 e. The predicted octanol–water partition coefficient (Wildman–Crippen LogP) is 1.30. The van der Waals surface area contributed by atoms with Gasteiger partial charge in [-0.15, -0.1) is 0 Å². The molecule has 4 N–H and O–H groups in total. The Morgan fingerprint density at radius 1 is 1.27 bits per heavy atom. The van der Waals surface area contributed by atoms with E-state index in [0.29, 0.717) is 12.8 Å². The first-order chi connectivity index (χ1) is 10.4. The van der Waals surface area contributed by atoms with Crippen molar-refractivity contribution in [2.45, 2.75) is 25.7 Å². The predicted molar refractivity (Wildman–Crippen MR) is 75.8 cm³/mol. The van der Waals surface area contributed by atoms with Gasteiger partial charge in [0.1, 0.15) is 5.82 Å². The van der Waals surface area contributed by atoms with Gasteiger partial charge in [-0.05, 0) is 31.0 Å². The summed E-state index contributed by atoms with van der Waals surface area (Å²) in [6, 6.07) is 3.05. The molecule has 0 aliphatic heterocycles. The summed E-state index contributed by atoms with van der Waals surface area (Å²) in [6.45, 7) is 0.0568. The van der Waals surface area contributed by atoms with Crippen molar-refractivity contribution in [1.29, 1.82) is 0 Å². The minimum absolute atomic E-state index is 0.0568. The van der Waals surface area contributed by atoms with E-state index in [9.17, 15) is 18.8 Å². The fourth-order valence-corrected chi connectivity index (χ4v) is 2.74. The zero-order valence-electron chi connectivity index (χ0n) is 11.9. The number of carbonyl (C=O) groups is 3. The summed E-state index contributed by atoms with van der Waals surface area (Å²) in [4.78, 5) is 34.3. The molecule has 1 aliphatic carbocycles. The van der Waals surface area contributed by atoms with Crippen molar-refractivity contribution in [3.8, 4) is 0 Å². The highest BCUT2D eigenvalue weighted by Gasteiger charge is 2.39. The Labute approximate surface area is 126 Å². The zero-order chi connectivity index (χ0) is 16.3. The minimum atomic E-state index is -1.27. The number of nitrogens with two attached hydrogens (primary N) is 1. The summed E-state index contributed by atoms with van der Waals surface area (Å²) in [7, 11) is 0. The maximum absolute atomic E-state index is 13.8. The van der Waals surface area contributed by atoms with Gasteiger partial charge in [-0.1, -0.05) is 12.8 Å². The van der Waals surface area contributed by atoms with Gasteiger partial charge < -0.3 is 16.2 Å². The van der Waals surface area contributed by atoms with Crippen LogP contribution in [0.3, 0.4) is 0 Å². The van der Waals surface area contributed by atoms with E-state index in [1.165, 1.54) is 0 Å². The third kappa shape index (κ3) is 3.08. The third-order valence-electron chi connectivity index (χ3n) is 4.13. The fourth-order valence-electron chi connectivity index (χ4n) is 2.74. The summed E-state index contributed by atoms with van der Waals surface area (Å²) < 4.78 is 13.8. The molecule has 118 valence electrons. The van der Waals surface area contributed by atoms with Gasteiger partial charge in [0, 0.05) is 6.54 Å². The highest BCUT2D eigenvalue weighted by molar-refractivity contribution is 5.96. The maximum Gasteiger partial charge on any atom is 0.335 e. The molecule has 0 heterocycles. The van der Waals surface area contributed by atoms with E-state index >= 15 is 0 Å². The standard InChI is InChI=1S/C15H17FN2O4/c16-11-7-9(13(20)21)3-4-10(11)12(19)18-8-15(14(17)22)5-1-2-6-15/h3-4,7H,1-2,5-6,8H2,(H2,17,22)(H,18,19)(H,20,21). The number of carboxylic acid groups (broad SMARTS) is 1. The monoisotopic (exact) mass is 308 g/mol. The van der Waals surface area contributed by atoms with Crippen LogP contribution in [0.5, 0.6) is 0 Å². The molecule has 0 radical (unpaired) electrons. The maximum atomic E-state index is 13.8. The Kier molecular flexibility index (Phi) is 4.44. The summed E-state index contributed by atoms with van der Waals surface area (Å²) >= 11 is 0. The number of carboxylic acids is 1. The molecule has 0 aromatic heterocycles. The summed E-state index contributed by atoms with van der Waals surface area (Å²) in [6.07, 6.45) is 2.92. The van der Waals surface area contributed by atoms with Crippen LogP contribution in [-0.2, 0) is 4.79 Å². The molecule has 0 saturated heterocycles. The first-order valence-corrected chi connectivity index (χ1v) is 6.97. The Morgan fingerprint density at radius 2 is 1.91 bits per heavy atom. The van der Waals surface area contributed by atoms with E-state index in [-0.39, 0.29) is 17.7 Å². The number of halogens is 1. The largest absolute Gasteiger partial charge is 0.478 e.